The standard InChI is InChI=1S/C18H25FN6O/c1-12(2)25-16-15(11-21-17(24-16)20-9-5-6-10-26)23-18(25)22-14-8-4-3-7-13(14)19/h3-4,7-8,11-12,18,22-23,26H,5-6,9-10H2,1-2H3,(H,20,21,24). The van der Waals surface area contributed by atoms with Gasteiger partial charge in [0.25, 0.3) is 0 Å². The van der Waals surface area contributed by atoms with E-state index in [1.54, 1.807) is 24.4 Å². The first-order valence-corrected chi connectivity index (χ1v) is 8.88. The van der Waals surface area contributed by atoms with Gasteiger partial charge in [-0.2, -0.15) is 4.98 Å². The van der Waals surface area contributed by atoms with Crippen LogP contribution in [0.4, 0.5) is 27.5 Å². The Balaban J connectivity index is 1.76. The largest absolute Gasteiger partial charge is 0.396 e. The van der Waals surface area contributed by atoms with Gasteiger partial charge in [0.15, 0.2) is 12.1 Å². The topological polar surface area (TPSA) is 85.3 Å². The maximum absolute atomic E-state index is 14.0. The van der Waals surface area contributed by atoms with Crippen LogP contribution in [0.25, 0.3) is 0 Å². The predicted molar refractivity (Wildman–Crippen MR) is 102 cm³/mol. The number of nitrogens with one attached hydrogen (secondary N) is 3. The molecule has 0 aliphatic carbocycles. The Kier molecular flexibility index (Phi) is 5.72. The first-order valence-electron chi connectivity index (χ1n) is 8.88. The van der Waals surface area contributed by atoms with E-state index in [9.17, 15) is 4.39 Å². The van der Waals surface area contributed by atoms with Crippen molar-refractivity contribution >= 4 is 23.1 Å². The Bertz CT molecular complexity index is 741. The van der Waals surface area contributed by atoms with Gasteiger partial charge in [-0.1, -0.05) is 12.1 Å². The lowest BCUT2D eigenvalue weighted by Gasteiger charge is -2.30. The van der Waals surface area contributed by atoms with E-state index in [0.29, 0.717) is 18.2 Å². The molecule has 4 N–H and O–H groups in total. The minimum absolute atomic E-state index is 0.144. The van der Waals surface area contributed by atoms with Gasteiger partial charge in [-0.3, -0.25) is 0 Å². The monoisotopic (exact) mass is 360 g/mol. The number of rotatable bonds is 8. The lowest BCUT2D eigenvalue weighted by molar-refractivity contribution is 0.286. The minimum Gasteiger partial charge on any atom is -0.396 e. The average molecular weight is 360 g/mol. The van der Waals surface area contributed by atoms with Gasteiger partial charge < -0.3 is 26.0 Å². The number of hydrogen-bond donors (Lipinski definition) is 4. The van der Waals surface area contributed by atoms with Gasteiger partial charge in [0, 0.05) is 19.2 Å². The lowest BCUT2D eigenvalue weighted by Crippen LogP contribution is -2.46. The first kappa shape index (κ1) is 18.2. The number of aliphatic hydroxyl groups excluding tert-OH is 1. The number of halogens is 1. The van der Waals surface area contributed by atoms with Crippen LogP contribution in [-0.2, 0) is 0 Å². The van der Waals surface area contributed by atoms with Crippen LogP contribution in [0.3, 0.4) is 0 Å². The molecule has 1 aromatic heterocycles. The van der Waals surface area contributed by atoms with Crippen LogP contribution in [0.1, 0.15) is 26.7 Å². The smallest absolute Gasteiger partial charge is 0.224 e. The van der Waals surface area contributed by atoms with Crippen molar-refractivity contribution in [3.63, 3.8) is 0 Å². The van der Waals surface area contributed by atoms with E-state index in [2.05, 4.69) is 44.7 Å². The van der Waals surface area contributed by atoms with Crippen LogP contribution in [0.15, 0.2) is 30.5 Å². The van der Waals surface area contributed by atoms with Crippen molar-refractivity contribution in [2.45, 2.75) is 39.0 Å². The van der Waals surface area contributed by atoms with E-state index in [4.69, 9.17) is 5.11 Å². The van der Waals surface area contributed by atoms with Crippen LogP contribution in [0.5, 0.6) is 0 Å². The number of anilines is 4. The molecule has 0 saturated heterocycles. The third kappa shape index (κ3) is 3.96. The molecule has 1 atom stereocenters. The second-order valence-corrected chi connectivity index (χ2v) is 6.46. The normalized spacial score (nSPS) is 15.7. The number of para-hydroxylation sites is 1. The Morgan fingerprint density at radius 3 is 2.85 bits per heavy atom. The highest BCUT2D eigenvalue weighted by molar-refractivity contribution is 5.74. The number of hydrogen-bond acceptors (Lipinski definition) is 7. The highest BCUT2D eigenvalue weighted by Gasteiger charge is 2.33. The zero-order valence-electron chi connectivity index (χ0n) is 15.0. The number of aromatic nitrogens is 2. The molecule has 2 aromatic rings. The highest BCUT2D eigenvalue weighted by atomic mass is 19.1. The maximum Gasteiger partial charge on any atom is 0.224 e. The summed E-state index contributed by atoms with van der Waals surface area (Å²) in [5.41, 5.74) is 1.23. The number of nitrogens with zero attached hydrogens (tertiary/aromatic N) is 3. The number of fused-ring (bicyclic) bond motifs is 1. The summed E-state index contributed by atoms with van der Waals surface area (Å²) in [5.74, 6) is 1.01. The average Bonchev–Trinajstić information content (AvgIpc) is 2.98. The van der Waals surface area contributed by atoms with E-state index in [1.807, 2.05) is 0 Å². The molecule has 8 heteroatoms. The summed E-state index contributed by atoms with van der Waals surface area (Å²) >= 11 is 0. The van der Waals surface area contributed by atoms with Crippen molar-refractivity contribution < 1.29 is 9.50 Å². The predicted octanol–water partition coefficient (Wildman–Crippen LogP) is 2.84. The molecule has 0 amide bonds. The van der Waals surface area contributed by atoms with E-state index >= 15 is 0 Å². The summed E-state index contributed by atoms with van der Waals surface area (Å²) in [6.45, 7) is 5.00. The number of aliphatic hydroxyl groups is 1. The molecule has 1 aliphatic heterocycles. The second-order valence-electron chi connectivity index (χ2n) is 6.46. The van der Waals surface area contributed by atoms with Crippen molar-refractivity contribution in [2.24, 2.45) is 0 Å². The summed E-state index contributed by atoms with van der Waals surface area (Å²) in [7, 11) is 0. The molecule has 2 heterocycles. The fraction of sp³-hybridized carbons (Fsp3) is 0.444. The SMILES string of the molecule is CC(C)N1c2nc(NCCCCO)ncc2NC1Nc1ccccc1F. The molecule has 3 rings (SSSR count). The van der Waals surface area contributed by atoms with Gasteiger partial charge >= 0.3 is 0 Å². The van der Waals surface area contributed by atoms with Crippen LogP contribution in [0.2, 0.25) is 0 Å². The van der Waals surface area contributed by atoms with Gasteiger partial charge in [-0.25, -0.2) is 9.37 Å². The molecule has 0 radical (unpaired) electrons. The summed E-state index contributed by atoms with van der Waals surface area (Å²) in [5, 5.41) is 18.5. The van der Waals surface area contributed by atoms with Gasteiger partial charge in [0.1, 0.15) is 5.82 Å². The summed E-state index contributed by atoms with van der Waals surface area (Å²) in [6, 6.07) is 6.74. The highest BCUT2D eigenvalue weighted by Crippen LogP contribution is 2.35. The van der Waals surface area contributed by atoms with Gasteiger partial charge in [0.05, 0.1) is 17.6 Å². The molecular formula is C18H25FN6O. The van der Waals surface area contributed by atoms with Gasteiger partial charge in [-0.15, -0.1) is 0 Å². The fourth-order valence-corrected chi connectivity index (χ4v) is 2.91. The minimum atomic E-state index is -0.319. The molecule has 1 aromatic carbocycles. The van der Waals surface area contributed by atoms with Crippen molar-refractivity contribution in [3.05, 3.63) is 36.3 Å². The Hall–Kier alpha value is -2.61. The molecule has 26 heavy (non-hydrogen) atoms. The quantitative estimate of drug-likeness (QED) is 0.539. The molecule has 0 spiro atoms. The number of benzene rings is 1. The van der Waals surface area contributed by atoms with Gasteiger partial charge in [0.2, 0.25) is 5.95 Å². The lowest BCUT2D eigenvalue weighted by atomic mass is 10.3. The summed E-state index contributed by atoms with van der Waals surface area (Å²) < 4.78 is 14.0. The molecule has 0 bridgehead atoms. The summed E-state index contributed by atoms with van der Waals surface area (Å²) in [4.78, 5) is 11.0. The second kappa shape index (κ2) is 8.18. The van der Waals surface area contributed by atoms with E-state index < -0.39 is 0 Å². The van der Waals surface area contributed by atoms with Crippen molar-refractivity contribution in [2.75, 3.05) is 34.0 Å². The van der Waals surface area contributed by atoms with Crippen LogP contribution in [0, 0.1) is 5.82 Å². The Morgan fingerprint density at radius 2 is 2.12 bits per heavy atom. The van der Waals surface area contributed by atoms with Crippen molar-refractivity contribution in [1.29, 1.82) is 0 Å². The Morgan fingerprint density at radius 1 is 1.31 bits per heavy atom. The van der Waals surface area contributed by atoms with Crippen molar-refractivity contribution in [1.82, 2.24) is 9.97 Å². The number of unbranched alkanes of at least 4 members (excludes halogenated alkanes) is 1. The third-order valence-corrected chi connectivity index (χ3v) is 4.17. The van der Waals surface area contributed by atoms with Crippen LogP contribution >= 0.6 is 0 Å². The Labute approximate surface area is 152 Å². The van der Waals surface area contributed by atoms with E-state index in [0.717, 1.165) is 24.3 Å². The molecule has 7 nitrogen and oxygen atoms in total. The zero-order chi connectivity index (χ0) is 18.5. The first-order chi connectivity index (χ1) is 12.6. The molecule has 1 unspecified atom stereocenters. The fourth-order valence-electron chi connectivity index (χ4n) is 2.91. The van der Waals surface area contributed by atoms with Crippen molar-refractivity contribution in [3.8, 4) is 0 Å². The zero-order valence-corrected chi connectivity index (χ0v) is 15.0. The van der Waals surface area contributed by atoms with E-state index in [-0.39, 0.29) is 24.8 Å². The molecule has 0 fully saturated rings. The van der Waals surface area contributed by atoms with Crippen LogP contribution in [-0.4, -0.2) is 40.6 Å². The maximum atomic E-state index is 14.0. The van der Waals surface area contributed by atoms with Gasteiger partial charge in [-0.05, 0) is 38.8 Å². The van der Waals surface area contributed by atoms with E-state index in [1.165, 1.54) is 6.07 Å². The molecule has 140 valence electrons. The summed E-state index contributed by atoms with van der Waals surface area (Å²) in [6.07, 6.45) is 3.00. The molecule has 1 aliphatic rings. The third-order valence-electron chi connectivity index (χ3n) is 4.17. The molecular weight excluding hydrogens is 335 g/mol. The van der Waals surface area contributed by atoms with Crippen LogP contribution < -0.4 is 20.9 Å². The molecule has 0 saturated carbocycles.